The molecule has 2 rings (SSSR count). The van der Waals surface area contributed by atoms with Gasteiger partial charge in [0.1, 0.15) is 5.75 Å². The maximum absolute atomic E-state index is 12.4. The lowest BCUT2D eigenvalue weighted by Crippen LogP contribution is -2.41. The number of rotatable bonds is 6. The van der Waals surface area contributed by atoms with Crippen molar-refractivity contribution in [2.45, 2.75) is 39.2 Å². The molecule has 1 aromatic rings. The first-order valence-corrected chi connectivity index (χ1v) is 8.26. The van der Waals surface area contributed by atoms with E-state index >= 15 is 0 Å². The molecule has 0 unspecified atom stereocenters. The van der Waals surface area contributed by atoms with E-state index in [1.807, 2.05) is 50.1 Å². The van der Waals surface area contributed by atoms with Gasteiger partial charge in [-0.15, -0.1) is 12.4 Å². The summed E-state index contributed by atoms with van der Waals surface area (Å²) in [6, 6.07) is 7.88. The van der Waals surface area contributed by atoms with E-state index < -0.39 is 0 Å². The Balaban J connectivity index is 0.00000264. The highest BCUT2D eigenvalue weighted by atomic mass is 35.5. The van der Waals surface area contributed by atoms with Crippen molar-refractivity contribution in [2.75, 3.05) is 26.7 Å². The topological polar surface area (TPSA) is 41.6 Å². The van der Waals surface area contributed by atoms with Crippen LogP contribution in [-0.4, -0.2) is 43.6 Å². The van der Waals surface area contributed by atoms with Gasteiger partial charge in [0.2, 0.25) is 5.91 Å². The zero-order valence-corrected chi connectivity index (χ0v) is 15.2. The average molecular weight is 341 g/mol. The third-order valence-electron chi connectivity index (χ3n) is 4.09. The fourth-order valence-corrected chi connectivity index (χ4v) is 2.96. The molecule has 1 aromatic carbocycles. The van der Waals surface area contributed by atoms with Crippen LogP contribution in [0.4, 0.5) is 0 Å². The van der Waals surface area contributed by atoms with Crippen molar-refractivity contribution in [3.63, 3.8) is 0 Å². The average Bonchev–Trinajstić information content (AvgIpc) is 2.48. The number of halogens is 1. The third-order valence-corrected chi connectivity index (χ3v) is 4.09. The Morgan fingerprint density at radius 2 is 2.04 bits per heavy atom. The number of hydrogen-bond acceptors (Lipinski definition) is 3. The van der Waals surface area contributed by atoms with Crippen LogP contribution in [-0.2, 0) is 11.2 Å². The SMILES string of the molecule is CNCC1CCN(C(=O)Cc2cccc(OC(C)C)c2)CC1.Cl. The van der Waals surface area contributed by atoms with Crippen LogP contribution < -0.4 is 10.1 Å². The van der Waals surface area contributed by atoms with Gasteiger partial charge in [0.15, 0.2) is 0 Å². The Hall–Kier alpha value is -1.26. The van der Waals surface area contributed by atoms with Gasteiger partial charge in [-0.1, -0.05) is 12.1 Å². The molecule has 0 aromatic heterocycles. The maximum atomic E-state index is 12.4. The molecule has 1 aliphatic heterocycles. The van der Waals surface area contributed by atoms with Crippen LogP contribution in [0.25, 0.3) is 0 Å². The number of carbonyl (C=O) groups is 1. The highest BCUT2D eigenvalue weighted by molar-refractivity contribution is 5.85. The zero-order chi connectivity index (χ0) is 15.9. The van der Waals surface area contributed by atoms with Crippen molar-refractivity contribution in [3.8, 4) is 5.75 Å². The summed E-state index contributed by atoms with van der Waals surface area (Å²) in [7, 11) is 1.99. The summed E-state index contributed by atoms with van der Waals surface area (Å²) < 4.78 is 5.69. The van der Waals surface area contributed by atoms with Gasteiger partial charge in [0.25, 0.3) is 0 Å². The highest BCUT2D eigenvalue weighted by Crippen LogP contribution is 2.19. The van der Waals surface area contributed by atoms with E-state index in [9.17, 15) is 4.79 Å². The molecule has 130 valence electrons. The Morgan fingerprint density at radius 3 is 2.65 bits per heavy atom. The van der Waals surface area contributed by atoms with Crippen molar-refractivity contribution >= 4 is 18.3 Å². The second kappa shape index (κ2) is 9.78. The standard InChI is InChI=1S/C18H28N2O2.ClH/c1-14(2)22-17-6-4-5-16(11-17)12-18(21)20-9-7-15(8-10-20)13-19-3;/h4-6,11,14-15,19H,7-10,12-13H2,1-3H3;1H. The van der Waals surface area contributed by atoms with Gasteiger partial charge in [0, 0.05) is 13.1 Å². The quantitative estimate of drug-likeness (QED) is 0.865. The molecule has 0 aliphatic carbocycles. The van der Waals surface area contributed by atoms with E-state index in [-0.39, 0.29) is 24.4 Å². The Kier molecular flexibility index (Phi) is 8.42. The first-order chi connectivity index (χ1) is 10.6. The summed E-state index contributed by atoms with van der Waals surface area (Å²) in [5.41, 5.74) is 1.03. The second-order valence-electron chi connectivity index (χ2n) is 6.37. The van der Waals surface area contributed by atoms with Crippen molar-refractivity contribution < 1.29 is 9.53 Å². The van der Waals surface area contributed by atoms with E-state index in [1.54, 1.807) is 0 Å². The number of hydrogen-bond donors (Lipinski definition) is 1. The second-order valence-corrected chi connectivity index (χ2v) is 6.37. The number of nitrogens with one attached hydrogen (secondary N) is 1. The first-order valence-electron chi connectivity index (χ1n) is 8.26. The van der Waals surface area contributed by atoms with Gasteiger partial charge < -0.3 is 15.0 Å². The van der Waals surface area contributed by atoms with E-state index in [4.69, 9.17) is 4.74 Å². The van der Waals surface area contributed by atoms with Crippen LogP contribution in [0.2, 0.25) is 0 Å². The molecule has 23 heavy (non-hydrogen) atoms. The molecule has 0 bridgehead atoms. The summed E-state index contributed by atoms with van der Waals surface area (Å²) >= 11 is 0. The largest absolute Gasteiger partial charge is 0.491 e. The Labute approximate surface area is 146 Å². The van der Waals surface area contributed by atoms with Gasteiger partial charge in [-0.05, 0) is 63.9 Å². The number of likely N-dealkylation sites (tertiary alicyclic amines) is 1. The number of carbonyl (C=O) groups excluding carboxylic acids is 1. The summed E-state index contributed by atoms with van der Waals surface area (Å²) in [4.78, 5) is 14.4. The molecule has 0 spiro atoms. The van der Waals surface area contributed by atoms with E-state index in [0.717, 1.165) is 43.8 Å². The maximum Gasteiger partial charge on any atom is 0.226 e. The van der Waals surface area contributed by atoms with E-state index in [1.165, 1.54) is 0 Å². The zero-order valence-electron chi connectivity index (χ0n) is 14.4. The molecule has 1 fully saturated rings. The van der Waals surface area contributed by atoms with Crippen LogP contribution in [0.5, 0.6) is 5.75 Å². The molecule has 1 saturated heterocycles. The van der Waals surface area contributed by atoms with E-state index in [2.05, 4.69) is 5.32 Å². The van der Waals surface area contributed by atoms with Crippen LogP contribution in [0, 0.1) is 5.92 Å². The third kappa shape index (κ3) is 6.40. The minimum Gasteiger partial charge on any atom is -0.491 e. The van der Waals surface area contributed by atoms with E-state index in [0.29, 0.717) is 12.3 Å². The lowest BCUT2D eigenvalue weighted by Gasteiger charge is -2.32. The van der Waals surface area contributed by atoms with Crippen LogP contribution in [0.3, 0.4) is 0 Å². The van der Waals surface area contributed by atoms with Crippen molar-refractivity contribution in [3.05, 3.63) is 29.8 Å². The van der Waals surface area contributed by atoms with Gasteiger partial charge >= 0.3 is 0 Å². The number of amides is 1. The normalized spacial score (nSPS) is 15.4. The molecule has 4 nitrogen and oxygen atoms in total. The van der Waals surface area contributed by atoms with Crippen molar-refractivity contribution in [1.82, 2.24) is 10.2 Å². The number of benzene rings is 1. The highest BCUT2D eigenvalue weighted by Gasteiger charge is 2.22. The van der Waals surface area contributed by atoms with Gasteiger partial charge in [0.05, 0.1) is 12.5 Å². The fourth-order valence-electron chi connectivity index (χ4n) is 2.96. The molecule has 1 N–H and O–H groups in total. The van der Waals surface area contributed by atoms with Gasteiger partial charge in [-0.3, -0.25) is 4.79 Å². The van der Waals surface area contributed by atoms with Crippen molar-refractivity contribution in [2.24, 2.45) is 5.92 Å². The van der Waals surface area contributed by atoms with Crippen molar-refractivity contribution in [1.29, 1.82) is 0 Å². The Bertz CT molecular complexity index is 486. The molecule has 0 atom stereocenters. The number of piperidine rings is 1. The number of nitrogens with zero attached hydrogens (tertiary/aromatic N) is 1. The summed E-state index contributed by atoms with van der Waals surface area (Å²) in [6.45, 7) is 6.83. The molecule has 1 amide bonds. The van der Waals surface area contributed by atoms with Crippen LogP contribution in [0.15, 0.2) is 24.3 Å². The van der Waals surface area contributed by atoms with Gasteiger partial charge in [-0.25, -0.2) is 0 Å². The molecule has 0 saturated carbocycles. The summed E-state index contributed by atoms with van der Waals surface area (Å²) in [5.74, 6) is 1.77. The monoisotopic (exact) mass is 340 g/mol. The lowest BCUT2D eigenvalue weighted by molar-refractivity contribution is -0.131. The lowest BCUT2D eigenvalue weighted by atomic mass is 9.96. The molecular weight excluding hydrogens is 312 g/mol. The van der Waals surface area contributed by atoms with Gasteiger partial charge in [-0.2, -0.15) is 0 Å². The molecule has 1 aliphatic rings. The minimum atomic E-state index is 0. The predicted octanol–water partition coefficient (Wildman–Crippen LogP) is 2.90. The molecular formula is C18H29ClN2O2. The molecule has 0 radical (unpaired) electrons. The fraction of sp³-hybridized carbons (Fsp3) is 0.611. The van der Waals surface area contributed by atoms with Crippen LogP contribution >= 0.6 is 12.4 Å². The summed E-state index contributed by atoms with van der Waals surface area (Å²) in [6.07, 6.45) is 2.81. The minimum absolute atomic E-state index is 0. The smallest absolute Gasteiger partial charge is 0.226 e. The first kappa shape index (κ1) is 19.8. The van der Waals surface area contributed by atoms with Crippen LogP contribution in [0.1, 0.15) is 32.3 Å². The molecule has 1 heterocycles. The predicted molar refractivity (Wildman–Crippen MR) is 96.4 cm³/mol. The number of ether oxygens (including phenoxy) is 1. The Morgan fingerprint density at radius 1 is 1.35 bits per heavy atom. The summed E-state index contributed by atoms with van der Waals surface area (Å²) in [5, 5.41) is 3.23. The molecule has 5 heteroatoms.